The summed E-state index contributed by atoms with van der Waals surface area (Å²) in [5, 5.41) is 5.92. The summed E-state index contributed by atoms with van der Waals surface area (Å²) in [4.78, 5) is 39.2. The van der Waals surface area contributed by atoms with Gasteiger partial charge in [0.15, 0.2) is 4.75 Å². The molecule has 2 N–H and O–H groups in total. The summed E-state index contributed by atoms with van der Waals surface area (Å²) in [6.07, 6.45) is 0.727. The van der Waals surface area contributed by atoms with Crippen molar-refractivity contribution in [2.24, 2.45) is 0 Å². The molecule has 1 aliphatic rings. The van der Waals surface area contributed by atoms with Crippen LogP contribution in [-0.2, 0) is 20.7 Å². The molecule has 0 saturated carbocycles. The van der Waals surface area contributed by atoms with Gasteiger partial charge in [-0.05, 0) is 31.5 Å². The molecule has 2 aromatic rings. The molecule has 1 atom stereocenters. The molecular weight excluding hydrogens is 372 g/mol. The first kappa shape index (κ1) is 18.5. The van der Waals surface area contributed by atoms with Crippen LogP contribution >= 0.6 is 23.1 Å². The highest BCUT2D eigenvalue weighted by atomic mass is 32.2. The largest absolute Gasteiger partial charge is 0.465 e. The topological polar surface area (TPSA) is 84.5 Å². The van der Waals surface area contributed by atoms with Gasteiger partial charge in [-0.15, -0.1) is 11.3 Å². The number of fused-ring (bicyclic) bond motifs is 1. The molecule has 0 radical (unpaired) electrons. The van der Waals surface area contributed by atoms with Crippen molar-refractivity contribution in [3.63, 3.8) is 0 Å². The van der Waals surface area contributed by atoms with Crippen molar-refractivity contribution < 1.29 is 19.1 Å². The predicted octanol–water partition coefficient (Wildman–Crippen LogP) is 3.54. The van der Waals surface area contributed by atoms with E-state index < -0.39 is 22.5 Å². The molecule has 3 rings (SSSR count). The second kappa shape index (κ2) is 7.13. The van der Waals surface area contributed by atoms with Gasteiger partial charge in [0.2, 0.25) is 5.91 Å². The molecule has 1 aromatic carbocycles. The Morgan fingerprint density at radius 3 is 2.73 bits per heavy atom. The number of esters is 1. The highest BCUT2D eigenvalue weighted by Crippen LogP contribution is 2.43. The van der Waals surface area contributed by atoms with Gasteiger partial charge in [0.25, 0.3) is 5.91 Å². The maximum Gasteiger partial charge on any atom is 0.340 e. The highest BCUT2D eigenvalue weighted by Gasteiger charge is 2.46. The number of amides is 2. The van der Waals surface area contributed by atoms with Crippen molar-refractivity contribution in [2.45, 2.75) is 29.9 Å². The van der Waals surface area contributed by atoms with Crippen LogP contribution in [0.5, 0.6) is 0 Å². The summed E-state index contributed by atoms with van der Waals surface area (Å²) >= 11 is 2.50. The molecular formula is C18H18N2O4S2. The van der Waals surface area contributed by atoms with Crippen LogP contribution in [0.25, 0.3) is 0 Å². The van der Waals surface area contributed by atoms with Crippen molar-refractivity contribution in [1.29, 1.82) is 0 Å². The van der Waals surface area contributed by atoms with E-state index in [0.717, 1.165) is 16.2 Å². The number of thioether (sulfide) groups is 1. The van der Waals surface area contributed by atoms with Crippen LogP contribution in [0.4, 0.5) is 10.7 Å². The lowest BCUT2D eigenvalue weighted by Gasteiger charge is -2.31. The number of ether oxygens (including phenoxy) is 1. The molecule has 26 heavy (non-hydrogen) atoms. The minimum Gasteiger partial charge on any atom is -0.465 e. The van der Waals surface area contributed by atoms with Crippen LogP contribution in [0.2, 0.25) is 0 Å². The molecule has 1 unspecified atom stereocenters. The summed E-state index contributed by atoms with van der Waals surface area (Å²) in [6.45, 7) is 3.53. The van der Waals surface area contributed by atoms with E-state index in [1.165, 1.54) is 30.2 Å². The van der Waals surface area contributed by atoms with Crippen LogP contribution < -0.4 is 10.6 Å². The van der Waals surface area contributed by atoms with Crippen LogP contribution in [0, 0.1) is 0 Å². The first-order valence-electron chi connectivity index (χ1n) is 8.01. The highest BCUT2D eigenvalue weighted by molar-refractivity contribution is 8.02. The number of benzene rings is 1. The van der Waals surface area contributed by atoms with E-state index in [4.69, 9.17) is 4.74 Å². The molecule has 1 aliphatic heterocycles. The SMILES string of the molecule is CCc1cc(C(=O)OC)c(NC(=O)C2(C)Sc3ccccc3NC2=O)s1. The number of hydrogen-bond donors (Lipinski definition) is 2. The number of methoxy groups -OCH3 is 1. The fourth-order valence-electron chi connectivity index (χ4n) is 2.51. The Labute approximate surface area is 159 Å². The summed E-state index contributed by atoms with van der Waals surface area (Å²) in [5.74, 6) is -1.40. The number of rotatable bonds is 4. The minimum absolute atomic E-state index is 0.299. The molecule has 1 aromatic heterocycles. The number of anilines is 2. The van der Waals surface area contributed by atoms with Crippen LogP contribution in [0.15, 0.2) is 35.2 Å². The summed E-state index contributed by atoms with van der Waals surface area (Å²) in [7, 11) is 1.29. The third-order valence-electron chi connectivity index (χ3n) is 4.08. The van der Waals surface area contributed by atoms with E-state index in [1.54, 1.807) is 19.1 Å². The van der Waals surface area contributed by atoms with Crippen molar-refractivity contribution >= 4 is 51.6 Å². The van der Waals surface area contributed by atoms with Crippen LogP contribution in [0.3, 0.4) is 0 Å². The molecule has 8 heteroatoms. The van der Waals surface area contributed by atoms with Crippen molar-refractivity contribution in [3.05, 3.63) is 40.8 Å². The summed E-state index contributed by atoms with van der Waals surface area (Å²) < 4.78 is 3.44. The van der Waals surface area contributed by atoms with Gasteiger partial charge in [-0.3, -0.25) is 9.59 Å². The lowest BCUT2D eigenvalue weighted by atomic mass is 10.1. The first-order chi connectivity index (χ1) is 12.4. The number of para-hydroxylation sites is 1. The van der Waals surface area contributed by atoms with Crippen molar-refractivity contribution in [2.75, 3.05) is 17.7 Å². The zero-order valence-corrected chi connectivity index (χ0v) is 16.2. The lowest BCUT2D eigenvalue weighted by Crippen LogP contribution is -2.49. The quantitative estimate of drug-likeness (QED) is 0.616. The molecule has 2 amide bonds. The van der Waals surface area contributed by atoms with E-state index in [-0.39, 0.29) is 0 Å². The normalized spacial score (nSPS) is 18.7. The van der Waals surface area contributed by atoms with Gasteiger partial charge in [0.05, 0.1) is 18.4 Å². The Balaban J connectivity index is 1.90. The predicted molar refractivity (Wildman–Crippen MR) is 103 cm³/mol. The Bertz CT molecular complexity index is 893. The van der Waals surface area contributed by atoms with Crippen molar-refractivity contribution in [3.8, 4) is 0 Å². The second-order valence-corrected chi connectivity index (χ2v) is 8.44. The minimum atomic E-state index is -1.35. The third kappa shape index (κ3) is 3.22. The van der Waals surface area contributed by atoms with Crippen LogP contribution in [-0.4, -0.2) is 29.6 Å². The van der Waals surface area contributed by atoms with Gasteiger partial charge < -0.3 is 15.4 Å². The zero-order chi connectivity index (χ0) is 18.9. The summed E-state index contributed by atoms with van der Waals surface area (Å²) in [6, 6.07) is 9.02. The third-order valence-corrected chi connectivity index (χ3v) is 6.63. The number of carbonyl (C=O) groups is 3. The van der Waals surface area contributed by atoms with E-state index >= 15 is 0 Å². The Kier molecular flexibility index (Phi) is 5.06. The maximum atomic E-state index is 12.9. The fraction of sp³-hybridized carbons (Fsp3) is 0.278. The number of aryl methyl sites for hydroxylation is 1. The molecule has 6 nitrogen and oxygen atoms in total. The van der Waals surface area contributed by atoms with E-state index in [9.17, 15) is 14.4 Å². The summed E-state index contributed by atoms with van der Waals surface area (Å²) in [5.41, 5.74) is 0.986. The molecule has 0 aliphatic carbocycles. The standard InChI is InChI=1S/C18H18N2O4S2/c1-4-10-9-11(15(21)24-3)14(25-10)20-17(23)18(2)16(22)19-12-7-5-6-8-13(12)26-18/h5-9H,4H2,1-3H3,(H,19,22)(H,20,23). The first-order valence-corrected chi connectivity index (χ1v) is 9.64. The van der Waals surface area contributed by atoms with Gasteiger partial charge in [0, 0.05) is 9.77 Å². The van der Waals surface area contributed by atoms with Gasteiger partial charge in [0.1, 0.15) is 5.00 Å². The number of carbonyl (C=O) groups excluding carboxylic acids is 3. The number of thiophene rings is 1. The average Bonchev–Trinajstić information content (AvgIpc) is 3.05. The van der Waals surface area contributed by atoms with Gasteiger partial charge in [-0.25, -0.2) is 4.79 Å². The lowest BCUT2D eigenvalue weighted by molar-refractivity contribution is -0.126. The molecule has 0 spiro atoms. The Morgan fingerprint density at radius 2 is 2.04 bits per heavy atom. The van der Waals surface area contributed by atoms with Gasteiger partial charge in [-0.2, -0.15) is 0 Å². The maximum absolute atomic E-state index is 12.9. The average molecular weight is 390 g/mol. The molecule has 2 heterocycles. The number of nitrogens with one attached hydrogen (secondary N) is 2. The monoisotopic (exact) mass is 390 g/mol. The molecule has 0 fully saturated rings. The van der Waals surface area contributed by atoms with Crippen LogP contribution in [0.1, 0.15) is 29.1 Å². The second-order valence-electron chi connectivity index (χ2n) is 5.84. The fourth-order valence-corrected chi connectivity index (χ4v) is 4.59. The smallest absolute Gasteiger partial charge is 0.340 e. The molecule has 0 saturated heterocycles. The van der Waals surface area contributed by atoms with E-state index in [1.807, 2.05) is 25.1 Å². The van der Waals surface area contributed by atoms with Gasteiger partial charge in [-0.1, -0.05) is 30.8 Å². The van der Waals surface area contributed by atoms with Gasteiger partial charge >= 0.3 is 5.97 Å². The Morgan fingerprint density at radius 1 is 1.31 bits per heavy atom. The molecule has 136 valence electrons. The number of hydrogen-bond acceptors (Lipinski definition) is 6. The van der Waals surface area contributed by atoms with E-state index in [2.05, 4.69) is 10.6 Å². The molecule has 0 bridgehead atoms. The Hall–Kier alpha value is -2.32. The van der Waals surface area contributed by atoms with Crippen molar-refractivity contribution in [1.82, 2.24) is 0 Å². The van der Waals surface area contributed by atoms with E-state index in [0.29, 0.717) is 16.3 Å². The zero-order valence-electron chi connectivity index (χ0n) is 14.5.